The van der Waals surface area contributed by atoms with Gasteiger partial charge in [-0.1, -0.05) is 13.8 Å². The molecule has 1 aliphatic rings. The molecule has 0 saturated carbocycles. The van der Waals surface area contributed by atoms with E-state index in [-0.39, 0.29) is 0 Å². The third kappa shape index (κ3) is 2.55. The van der Waals surface area contributed by atoms with Gasteiger partial charge in [-0.2, -0.15) is 0 Å². The zero-order valence-corrected chi connectivity index (χ0v) is 12.3. The largest absolute Gasteiger partial charge is 0.496 e. The number of rotatable bonds is 5. The standard InChI is InChI=1S/C15H24N2O2/c1-5-17(6-2)12-10-16-9-11-13(18-3)7-8-14(19-4)15(11)12/h7-8,12,16H,5-6,9-10H2,1-4H3/t12-/m0/s1. The summed E-state index contributed by atoms with van der Waals surface area (Å²) in [5.74, 6) is 1.91. The molecule has 0 aromatic heterocycles. The van der Waals surface area contributed by atoms with Crippen LogP contribution in [-0.2, 0) is 6.54 Å². The van der Waals surface area contributed by atoms with Crippen molar-refractivity contribution < 1.29 is 9.47 Å². The highest BCUT2D eigenvalue weighted by Gasteiger charge is 2.29. The van der Waals surface area contributed by atoms with E-state index in [9.17, 15) is 0 Å². The second-order valence-electron chi connectivity index (χ2n) is 4.73. The van der Waals surface area contributed by atoms with Gasteiger partial charge in [0.15, 0.2) is 0 Å². The van der Waals surface area contributed by atoms with E-state index in [4.69, 9.17) is 9.47 Å². The molecule has 1 aromatic rings. The molecule has 0 bridgehead atoms. The summed E-state index contributed by atoms with van der Waals surface area (Å²) in [6, 6.07) is 4.35. The van der Waals surface area contributed by atoms with E-state index in [2.05, 4.69) is 24.1 Å². The molecular weight excluding hydrogens is 240 g/mol. The zero-order chi connectivity index (χ0) is 13.8. The van der Waals surface area contributed by atoms with Crippen LogP contribution >= 0.6 is 0 Å². The van der Waals surface area contributed by atoms with Crippen molar-refractivity contribution in [2.24, 2.45) is 0 Å². The van der Waals surface area contributed by atoms with Crippen LogP contribution in [0.2, 0.25) is 0 Å². The van der Waals surface area contributed by atoms with Crippen LogP contribution in [0.4, 0.5) is 0 Å². The van der Waals surface area contributed by atoms with Crippen molar-refractivity contribution in [1.82, 2.24) is 10.2 Å². The fourth-order valence-electron chi connectivity index (χ4n) is 2.95. The molecule has 2 rings (SSSR count). The van der Waals surface area contributed by atoms with Crippen LogP contribution in [0.25, 0.3) is 0 Å². The number of likely N-dealkylation sites (N-methyl/N-ethyl adjacent to an activating group) is 1. The predicted molar refractivity (Wildman–Crippen MR) is 76.9 cm³/mol. The van der Waals surface area contributed by atoms with Crippen molar-refractivity contribution in [3.63, 3.8) is 0 Å². The highest BCUT2D eigenvalue weighted by atomic mass is 16.5. The van der Waals surface area contributed by atoms with Gasteiger partial charge in [-0.3, -0.25) is 4.90 Å². The van der Waals surface area contributed by atoms with E-state index in [1.165, 1.54) is 11.1 Å². The Hall–Kier alpha value is -1.26. The third-order valence-corrected chi connectivity index (χ3v) is 3.94. The van der Waals surface area contributed by atoms with E-state index in [0.717, 1.165) is 37.7 Å². The lowest BCUT2D eigenvalue weighted by Gasteiger charge is -2.36. The van der Waals surface area contributed by atoms with Crippen molar-refractivity contribution in [3.8, 4) is 11.5 Å². The lowest BCUT2D eigenvalue weighted by Crippen LogP contribution is -2.40. The highest BCUT2D eigenvalue weighted by Crippen LogP contribution is 2.39. The number of methoxy groups -OCH3 is 2. The van der Waals surface area contributed by atoms with Gasteiger partial charge >= 0.3 is 0 Å². The van der Waals surface area contributed by atoms with Crippen LogP contribution in [0.3, 0.4) is 0 Å². The molecule has 0 amide bonds. The molecular formula is C15H24N2O2. The topological polar surface area (TPSA) is 33.7 Å². The molecule has 0 radical (unpaired) electrons. The van der Waals surface area contributed by atoms with E-state index >= 15 is 0 Å². The van der Waals surface area contributed by atoms with Crippen molar-refractivity contribution in [3.05, 3.63) is 23.3 Å². The molecule has 4 nitrogen and oxygen atoms in total. The number of hydrogen-bond acceptors (Lipinski definition) is 4. The number of hydrogen-bond donors (Lipinski definition) is 1. The molecule has 106 valence electrons. The number of benzene rings is 1. The minimum atomic E-state index is 0.351. The van der Waals surface area contributed by atoms with E-state index < -0.39 is 0 Å². The SMILES string of the molecule is CCN(CC)[C@H]1CNCc2c(OC)ccc(OC)c21. The average Bonchev–Trinajstić information content (AvgIpc) is 2.47. The lowest BCUT2D eigenvalue weighted by molar-refractivity contribution is 0.198. The second-order valence-corrected chi connectivity index (χ2v) is 4.73. The maximum atomic E-state index is 5.57. The number of nitrogens with one attached hydrogen (secondary N) is 1. The Balaban J connectivity index is 2.51. The van der Waals surface area contributed by atoms with Crippen LogP contribution in [0.1, 0.15) is 31.0 Å². The molecule has 1 N–H and O–H groups in total. The Morgan fingerprint density at radius 2 is 1.79 bits per heavy atom. The normalized spacial score (nSPS) is 18.3. The molecule has 0 aliphatic carbocycles. The summed E-state index contributed by atoms with van der Waals surface area (Å²) in [6.07, 6.45) is 0. The molecule has 1 heterocycles. The predicted octanol–water partition coefficient (Wildman–Crippen LogP) is 2.19. The van der Waals surface area contributed by atoms with Crippen molar-refractivity contribution >= 4 is 0 Å². The molecule has 1 atom stereocenters. The quantitative estimate of drug-likeness (QED) is 0.884. The minimum absolute atomic E-state index is 0.351. The first-order chi connectivity index (χ1) is 9.26. The average molecular weight is 264 g/mol. The van der Waals surface area contributed by atoms with E-state index in [1.54, 1.807) is 14.2 Å². The van der Waals surface area contributed by atoms with Crippen LogP contribution in [-0.4, -0.2) is 38.8 Å². The van der Waals surface area contributed by atoms with Gasteiger partial charge in [-0.25, -0.2) is 0 Å². The fourth-order valence-corrected chi connectivity index (χ4v) is 2.95. The summed E-state index contributed by atoms with van der Waals surface area (Å²) in [5, 5.41) is 3.49. The molecule has 1 aliphatic heterocycles. The number of fused-ring (bicyclic) bond motifs is 1. The van der Waals surface area contributed by atoms with Crippen LogP contribution in [0.5, 0.6) is 11.5 Å². The molecule has 1 aromatic carbocycles. The zero-order valence-electron chi connectivity index (χ0n) is 12.3. The Labute approximate surface area is 115 Å². The maximum Gasteiger partial charge on any atom is 0.124 e. The smallest absolute Gasteiger partial charge is 0.124 e. The van der Waals surface area contributed by atoms with Gasteiger partial charge in [0.1, 0.15) is 11.5 Å². The summed E-state index contributed by atoms with van der Waals surface area (Å²) in [7, 11) is 3.46. The summed E-state index contributed by atoms with van der Waals surface area (Å²) in [4.78, 5) is 2.45. The summed E-state index contributed by atoms with van der Waals surface area (Å²) in [5.41, 5.74) is 2.51. The minimum Gasteiger partial charge on any atom is -0.496 e. The maximum absolute atomic E-state index is 5.57. The first-order valence-corrected chi connectivity index (χ1v) is 6.95. The van der Waals surface area contributed by atoms with Gasteiger partial charge in [0.25, 0.3) is 0 Å². The molecule has 0 fully saturated rings. The lowest BCUT2D eigenvalue weighted by atomic mass is 9.93. The molecule has 0 unspecified atom stereocenters. The van der Waals surface area contributed by atoms with Crippen LogP contribution in [0.15, 0.2) is 12.1 Å². The van der Waals surface area contributed by atoms with Crippen LogP contribution in [0, 0.1) is 0 Å². The Kier molecular flexibility index (Phi) is 4.66. The summed E-state index contributed by atoms with van der Waals surface area (Å²) < 4.78 is 11.1. The van der Waals surface area contributed by atoms with Gasteiger partial charge < -0.3 is 14.8 Å². The summed E-state index contributed by atoms with van der Waals surface area (Å²) >= 11 is 0. The Morgan fingerprint density at radius 1 is 1.16 bits per heavy atom. The molecule has 0 spiro atoms. The Morgan fingerprint density at radius 3 is 2.37 bits per heavy atom. The molecule has 19 heavy (non-hydrogen) atoms. The molecule has 0 saturated heterocycles. The van der Waals surface area contributed by atoms with Crippen LogP contribution < -0.4 is 14.8 Å². The first-order valence-electron chi connectivity index (χ1n) is 6.95. The monoisotopic (exact) mass is 264 g/mol. The van der Waals surface area contributed by atoms with Gasteiger partial charge in [-0.15, -0.1) is 0 Å². The first kappa shape index (κ1) is 14.2. The molecule has 4 heteroatoms. The van der Waals surface area contributed by atoms with Gasteiger partial charge in [0.2, 0.25) is 0 Å². The Bertz CT molecular complexity index is 430. The van der Waals surface area contributed by atoms with Crippen molar-refractivity contribution in [2.45, 2.75) is 26.4 Å². The second kappa shape index (κ2) is 6.26. The van der Waals surface area contributed by atoms with E-state index in [0.29, 0.717) is 6.04 Å². The fraction of sp³-hybridized carbons (Fsp3) is 0.600. The van der Waals surface area contributed by atoms with Crippen molar-refractivity contribution in [1.29, 1.82) is 0 Å². The summed E-state index contributed by atoms with van der Waals surface area (Å²) in [6.45, 7) is 8.26. The third-order valence-electron chi connectivity index (χ3n) is 3.94. The van der Waals surface area contributed by atoms with Gasteiger partial charge in [0, 0.05) is 24.2 Å². The highest BCUT2D eigenvalue weighted by molar-refractivity contribution is 5.51. The number of nitrogens with zero attached hydrogens (tertiary/aromatic N) is 1. The van der Waals surface area contributed by atoms with Gasteiger partial charge in [0.05, 0.1) is 20.3 Å². The van der Waals surface area contributed by atoms with Crippen molar-refractivity contribution in [2.75, 3.05) is 33.9 Å². The van der Waals surface area contributed by atoms with E-state index in [1.807, 2.05) is 12.1 Å². The van der Waals surface area contributed by atoms with Gasteiger partial charge in [-0.05, 0) is 25.2 Å². The number of ether oxygens (including phenoxy) is 2.